The van der Waals surface area contributed by atoms with E-state index in [9.17, 15) is 0 Å². The summed E-state index contributed by atoms with van der Waals surface area (Å²) < 4.78 is 3.38. The first-order valence-electron chi connectivity index (χ1n) is 4.84. The van der Waals surface area contributed by atoms with Crippen LogP contribution in [0, 0.1) is 0 Å². The molecule has 0 spiro atoms. The van der Waals surface area contributed by atoms with Crippen LogP contribution in [0.1, 0.15) is 25.3 Å². The van der Waals surface area contributed by atoms with Gasteiger partial charge in [-0.3, -0.25) is 0 Å². The number of fused-ring (bicyclic) bond motifs is 1. The Balaban J connectivity index is 2.76. The molecule has 0 aliphatic carbocycles. The molecule has 1 aromatic carbocycles. The van der Waals surface area contributed by atoms with Gasteiger partial charge in [-0.05, 0) is 39.5 Å². The molecule has 0 atom stereocenters. The molecular weight excluding hydrogens is 238 g/mol. The lowest BCUT2D eigenvalue weighted by molar-refractivity contribution is 0.862. The zero-order chi connectivity index (χ0) is 10.3. The van der Waals surface area contributed by atoms with Gasteiger partial charge in [0.2, 0.25) is 0 Å². The number of aryl methyl sites for hydroxylation is 1. The lowest BCUT2D eigenvalue weighted by atomic mass is 10.0. The lowest BCUT2D eigenvalue weighted by Gasteiger charge is -2.09. The van der Waals surface area contributed by atoms with E-state index in [1.807, 2.05) is 0 Å². The van der Waals surface area contributed by atoms with Crippen molar-refractivity contribution in [1.29, 1.82) is 0 Å². The Hall–Kier alpha value is -0.760. The summed E-state index contributed by atoms with van der Waals surface area (Å²) in [7, 11) is 2.07. The van der Waals surface area contributed by atoms with Gasteiger partial charge in [0.25, 0.3) is 0 Å². The number of rotatable bonds is 1. The molecule has 1 heterocycles. The third-order valence-electron chi connectivity index (χ3n) is 2.65. The van der Waals surface area contributed by atoms with E-state index in [0.29, 0.717) is 5.92 Å². The van der Waals surface area contributed by atoms with E-state index in [0.717, 1.165) is 0 Å². The van der Waals surface area contributed by atoms with Gasteiger partial charge in [-0.1, -0.05) is 19.9 Å². The number of aromatic nitrogens is 1. The van der Waals surface area contributed by atoms with E-state index >= 15 is 0 Å². The minimum Gasteiger partial charge on any atom is -0.351 e. The van der Waals surface area contributed by atoms with Gasteiger partial charge in [-0.15, -0.1) is 0 Å². The first-order chi connectivity index (χ1) is 6.61. The van der Waals surface area contributed by atoms with Crippen LogP contribution in [0.4, 0.5) is 0 Å². The third kappa shape index (κ3) is 1.38. The Bertz CT molecular complexity index is 468. The fraction of sp³-hybridized carbons (Fsp3) is 0.333. The molecule has 0 saturated heterocycles. The maximum atomic E-state index is 3.68. The van der Waals surface area contributed by atoms with Crippen molar-refractivity contribution in [3.63, 3.8) is 0 Å². The van der Waals surface area contributed by atoms with Crippen molar-refractivity contribution in [3.8, 4) is 0 Å². The zero-order valence-electron chi connectivity index (χ0n) is 8.71. The molecule has 1 aromatic heterocycles. The quantitative estimate of drug-likeness (QED) is 0.721. The van der Waals surface area contributed by atoms with E-state index in [-0.39, 0.29) is 0 Å². The van der Waals surface area contributed by atoms with E-state index in [2.05, 4.69) is 65.8 Å². The number of hydrogen-bond acceptors (Lipinski definition) is 0. The highest BCUT2D eigenvalue weighted by molar-refractivity contribution is 9.10. The van der Waals surface area contributed by atoms with Crippen LogP contribution in [0.15, 0.2) is 28.9 Å². The summed E-state index contributed by atoms with van der Waals surface area (Å²) in [5, 5.41) is 1.30. The molecule has 0 saturated carbocycles. The fourth-order valence-electron chi connectivity index (χ4n) is 1.78. The topological polar surface area (TPSA) is 4.93 Å². The molecule has 2 aromatic rings. The Morgan fingerprint density at radius 3 is 2.57 bits per heavy atom. The SMILES string of the molecule is CC(C)c1ccc2c(ccn2C)c1Br. The summed E-state index contributed by atoms with van der Waals surface area (Å²) in [4.78, 5) is 0. The van der Waals surface area contributed by atoms with Gasteiger partial charge in [-0.25, -0.2) is 0 Å². The molecule has 0 aliphatic heterocycles. The number of halogens is 1. The summed E-state index contributed by atoms with van der Waals surface area (Å²) in [5.41, 5.74) is 2.66. The van der Waals surface area contributed by atoms with Crippen LogP contribution >= 0.6 is 15.9 Å². The highest BCUT2D eigenvalue weighted by Crippen LogP contribution is 2.32. The Morgan fingerprint density at radius 2 is 1.93 bits per heavy atom. The van der Waals surface area contributed by atoms with Gasteiger partial charge in [0, 0.05) is 28.6 Å². The summed E-state index contributed by atoms with van der Waals surface area (Å²) in [6.07, 6.45) is 2.10. The molecule has 0 radical (unpaired) electrons. The van der Waals surface area contributed by atoms with Crippen LogP contribution in [0.3, 0.4) is 0 Å². The van der Waals surface area contributed by atoms with Crippen molar-refractivity contribution in [1.82, 2.24) is 4.57 Å². The molecular formula is C12H14BrN. The van der Waals surface area contributed by atoms with Crippen LogP contribution in [0.2, 0.25) is 0 Å². The fourth-order valence-corrected chi connectivity index (χ4v) is 2.70. The van der Waals surface area contributed by atoms with E-state index < -0.39 is 0 Å². The normalized spacial score (nSPS) is 11.5. The summed E-state index contributed by atoms with van der Waals surface area (Å²) in [5.74, 6) is 0.564. The number of benzene rings is 1. The van der Waals surface area contributed by atoms with Gasteiger partial charge in [0.05, 0.1) is 0 Å². The average molecular weight is 252 g/mol. The second kappa shape index (κ2) is 3.43. The molecule has 1 nitrogen and oxygen atoms in total. The van der Waals surface area contributed by atoms with Gasteiger partial charge < -0.3 is 4.57 Å². The van der Waals surface area contributed by atoms with Crippen molar-refractivity contribution < 1.29 is 0 Å². The minimum absolute atomic E-state index is 0.564. The second-order valence-corrected chi connectivity index (χ2v) is 4.78. The molecule has 0 fully saturated rings. The van der Waals surface area contributed by atoms with Crippen molar-refractivity contribution in [2.75, 3.05) is 0 Å². The Morgan fingerprint density at radius 1 is 1.21 bits per heavy atom. The predicted molar refractivity (Wildman–Crippen MR) is 64.7 cm³/mol. The molecule has 0 aliphatic rings. The number of nitrogens with zero attached hydrogens (tertiary/aromatic N) is 1. The largest absolute Gasteiger partial charge is 0.351 e. The smallest absolute Gasteiger partial charge is 0.0489 e. The first kappa shape index (κ1) is 9.78. The standard InChI is InChI=1S/C12H14BrN/c1-8(2)9-4-5-11-10(12(9)13)6-7-14(11)3/h4-8H,1-3H3. The van der Waals surface area contributed by atoms with E-state index in [1.165, 1.54) is 20.9 Å². The Kier molecular flexibility index (Phi) is 2.40. The molecule has 0 amide bonds. The third-order valence-corrected chi connectivity index (χ3v) is 3.54. The molecule has 74 valence electrons. The molecule has 2 heteroatoms. The maximum Gasteiger partial charge on any atom is 0.0489 e. The molecule has 2 rings (SSSR count). The maximum absolute atomic E-state index is 3.68. The van der Waals surface area contributed by atoms with Crippen molar-refractivity contribution >= 4 is 26.8 Å². The monoisotopic (exact) mass is 251 g/mol. The number of hydrogen-bond donors (Lipinski definition) is 0. The summed E-state index contributed by atoms with van der Waals surface area (Å²) >= 11 is 3.68. The first-order valence-corrected chi connectivity index (χ1v) is 5.64. The summed E-state index contributed by atoms with van der Waals surface area (Å²) in [6.45, 7) is 4.43. The van der Waals surface area contributed by atoms with E-state index in [1.54, 1.807) is 0 Å². The van der Waals surface area contributed by atoms with Gasteiger partial charge in [0.1, 0.15) is 0 Å². The zero-order valence-corrected chi connectivity index (χ0v) is 10.3. The van der Waals surface area contributed by atoms with Crippen LogP contribution in [0.25, 0.3) is 10.9 Å². The molecule has 0 unspecified atom stereocenters. The molecule has 0 N–H and O–H groups in total. The van der Waals surface area contributed by atoms with E-state index in [4.69, 9.17) is 0 Å². The van der Waals surface area contributed by atoms with Crippen LogP contribution < -0.4 is 0 Å². The van der Waals surface area contributed by atoms with Crippen molar-refractivity contribution in [2.45, 2.75) is 19.8 Å². The minimum atomic E-state index is 0.564. The predicted octanol–water partition coefficient (Wildman–Crippen LogP) is 4.06. The van der Waals surface area contributed by atoms with Crippen molar-refractivity contribution in [2.24, 2.45) is 7.05 Å². The summed E-state index contributed by atoms with van der Waals surface area (Å²) in [6, 6.07) is 6.55. The van der Waals surface area contributed by atoms with Crippen LogP contribution in [-0.4, -0.2) is 4.57 Å². The highest BCUT2D eigenvalue weighted by Gasteiger charge is 2.09. The van der Waals surface area contributed by atoms with Gasteiger partial charge >= 0.3 is 0 Å². The Labute approximate surface area is 92.9 Å². The van der Waals surface area contributed by atoms with Gasteiger partial charge in [0.15, 0.2) is 0 Å². The average Bonchev–Trinajstić information content (AvgIpc) is 2.49. The molecule has 0 bridgehead atoms. The second-order valence-electron chi connectivity index (χ2n) is 3.98. The van der Waals surface area contributed by atoms with Gasteiger partial charge in [-0.2, -0.15) is 0 Å². The highest BCUT2D eigenvalue weighted by atomic mass is 79.9. The lowest BCUT2D eigenvalue weighted by Crippen LogP contribution is -1.90. The van der Waals surface area contributed by atoms with Crippen LogP contribution in [-0.2, 0) is 7.05 Å². The molecule has 14 heavy (non-hydrogen) atoms. The van der Waals surface area contributed by atoms with Crippen LogP contribution in [0.5, 0.6) is 0 Å². The van der Waals surface area contributed by atoms with Crippen molar-refractivity contribution in [3.05, 3.63) is 34.4 Å².